The lowest BCUT2D eigenvalue weighted by Crippen LogP contribution is -2.04. The number of benzene rings is 2. The summed E-state index contributed by atoms with van der Waals surface area (Å²) in [6, 6.07) is 15.4. The van der Waals surface area contributed by atoms with Crippen molar-refractivity contribution >= 4 is 23.2 Å². The van der Waals surface area contributed by atoms with E-state index in [1.807, 2.05) is 29.8 Å². The van der Waals surface area contributed by atoms with E-state index in [1.54, 1.807) is 48.9 Å². The average Bonchev–Trinajstić information content (AvgIpc) is 3.05. The lowest BCUT2D eigenvalue weighted by Gasteiger charge is -2.16. The van der Waals surface area contributed by atoms with Crippen LogP contribution >= 0.6 is 23.2 Å². The van der Waals surface area contributed by atoms with Crippen LogP contribution in [0.25, 0.3) is 22.4 Å². The highest BCUT2D eigenvalue weighted by Crippen LogP contribution is 2.41. The van der Waals surface area contributed by atoms with E-state index in [9.17, 15) is 9.50 Å². The van der Waals surface area contributed by atoms with Crippen molar-refractivity contribution in [2.75, 3.05) is 0 Å². The molecule has 1 unspecified atom stereocenters. The zero-order valence-electron chi connectivity index (χ0n) is 15.5. The lowest BCUT2D eigenvalue weighted by molar-refractivity contribution is 0.221. The van der Waals surface area contributed by atoms with Gasteiger partial charge in [-0.2, -0.15) is 0 Å². The Kier molecular flexibility index (Phi) is 5.41. The van der Waals surface area contributed by atoms with Crippen LogP contribution in [-0.4, -0.2) is 14.7 Å². The topological polar surface area (TPSA) is 38.0 Å². The standard InChI is InChI=1S/C23H17Cl2FN2O/c1-28-13-19(18-8-7-17(25)11-20(18)26)21(23(29)15-5-3-9-27-12-15)22(28)14-4-2-6-16(24)10-14/h2-13,23,29H,1H3. The third kappa shape index (κ3) is 3.79. The number of aliphatic hydroxyl groups is 1. The van der Waals surface area contributed by atoms with Gasteiger partial charge in [-0.25, -0.2) is 4.39 Å². The van der Waals surface area contributed by atoms with E-state index >= 15 is 0 Å². The Balaban J connectivity index is 2.00. The van der Waals surface area contributed by atoms with E-state index in [1.165, 1.54) is 6.07 Å². The number of nitrogens with zero attached hydrogens (tertiary/aromatic N) is 2. The van der Waals surface area contributed by atoms with Gasteiger partial charge >= 0.3 is 0 Å². The molecule has 0 aliphatic carbocycles. The van der Waals surface area contributed by atoms with Gasteiger partial charge in [0.05, 0.1) is 5.69 Å². The molecule has 0 saturated carbocycles. The molecule has 4 aromatic rings. The molecular formula is C23H17Cl2FN2O. The molecule has 0 fully saturated rings. The molecule has 0 radical (unpaired) electrons. The van der Waals surface area contributed by atoms with Crippen molar-refractivity contribution in [3.63, 3.8) is 0 Å². The van der Waals surface area contributed by atoms with Crippen LogP contribution in [-0.2, 0) is 7.05 Å². The number of aryl methyl sites for hydroxylation is 1. The maximum absolute atomic E-state index is 14.8. The van der Waals surface area contributed by atoms with Crippen LogP contribution in [0.3, 0.4) is 0 Å². The van der Waals surface area contributed by atoms with Crippen LogP contribution in [0.1, 0.15) is 17.2 Å². The molecule has 2 heterocycles. The summed E-state index contributed by atoms with van der Waals surface area (Å²) in [7, 11) is 1.85. The first kappa shape index (κ1) is 19.6. The van der Waals surface area contributed by atoms with Crippen LogP contribution in [0.4, 0.5) is 4.39 Å². The van der Waals surface area contributed by atoms with Crippen molar-refractivity contribution in [1.29, 1.82) is 0 Å². The average molecular weight is 427 g/mol. The van der Waals surface area contributed by atoms with Crippen LogP contribution in [0.15, 0.2) is 73.2 Å². The predicted molar refractivity (Wildman–Crippen MR) is 115 cm³/mol. The molecule has 2 aromatic heterocycles. The van der Waals surface area contributed by atoms with E-state index in [4.69, 9.17) is 23.2 Å². The fraction of sp³-hybridized carbons (Fsp3) is 0.0870. The summed E-state index contributed by atoms with van der Waals surface area (Å²) in [5.41, 5.74) is 3.68. The molecule has 3 nitrogen and oxygen atoms in total. The minimum atomic E-state index is -1.01. The Hall–Kier alpha value is -2.66. The largest absolute Gasteiger partial charge is 0.383 e. The van der Waals surface area contributed by atoms with E-state index in [-0.39, 0.29) is 0 Å². The molecule has 0 spiro atoms. The number of pyridine rings is 1. The number of aliphatic hydroxyl groups excluding tert-OH is 1. The monoisotopic (exact) mass is 426 g/mol. The lowest BCUT2D eigenvalue weighted by atomic mass is 9.93. The summed E-state index contributed by atoms with van der Waals surface area (Å²) in [5.74, 6) is -0.458. The minimum absolute atomic E-state index is 0.312. The number of hydrogen-bond acceptors (Lipinski definition) is 2. The van der Waals surface area contributed by atoms with Gasteiger partial charge in [0.2, 0.25) is 0 Å². The molecule has 0 bridgehead atoms. The number of hydrogen-bond donors (Lipinski definition) is 1. The molecule has 0 aliphatic rings. The van der Waals surface area contributed by atoms with E-state index in [2.05, 4.69) is 4.98 Å². The molecule has 1 N–H and O–H groups in total. The number of rotatable bonds is 4. The zero-order chi connectivity index (χ0) is 20.5. The SMILES string of the molecule is Cn1cc(-c2ccc(Cl)cc2F)c(C(O)c2cccnc2)c1-c1cccc(Cl)c1. The smallest absolute Gasteiger partial charge is 0.132 e. The Bertz CT molecular complexity index is 1170. The van der Waals surface area contributed by atoms with Gasteiger partial charge in [-0.1, -0.05) is 41.4 Å². The third-order valence-electron chi connectivity index (χ3n) is 4.81. The molecule has 4 rings (SSSR count). The summed E-state index contributed by atoms with van der Waals surface area (Å²) in [6.45, 7) is 0. The highest BCUT2D eigenvalue weighted by Gasteiger charge is 2.26. The predicted octanol–water partition coefficient (Wildman–Crippen LogP) is 6.28. The van der Waals surface area contributed by atoms with Crippen LogP contribution in [0, 0.1) is 5.82 Å². The van der Waals surface area contributed by atoms with Gasteiger partial charge in [0.1, 0.15) is 11.9 Å². The van der Waals surface area contributed by atoms with Crippen molar-refractivity contribution in [3.8, 4) is 22.4 Å². The zero-order valence-corrected chi connectivity index (χ0v) is 17.0. The van der Waals surface area contributed by atoms with E-state index < -0.39 is 11.9 Å². The number of aromatic nitrogens is 2. The van der Waals surface area contributed by atoms with E-state index in [0.29, 0.717) is 32.3 Å². The Morgan fingerprint density at radius 3 is 2.48 bits per heavy atom. The summed E-state index contributed by atoms with van der Waals surface area (Å²) < 4.78 is 16.6. The van der Waals surface area contributed by atoms with Crippen molar-refractivity contribution < 1.29 is 9.50 Å². The molecule has 29 heavy (non-hydrogen) atoms. The highest BCUT2D eigenvalue weighted by molar-refractivity contribution is 6.31. The highest BCUT2D eigenvalue weighted by atomic mass is 35.5. The first-order valence-corrected chi connectivity index (χ1v) is 9.70. The molecule has 2 aromatic carbocycles. The summed E-state index contributed by atoms with van der Waals surface area (Å²) >= 11 is 12.1. The second-order valence-electron chi connectivity index (χ2n) is 6.74. The summed E-state index contributed by atoms with van der Waals surface area (Å²) in [4.78, 5) is 4.11. The van der Waals surface area contributed by atoms with Crippen molar-refractivity contribution in [2.24, 2.45) is 7.05 Å². The molecule has 146 valence electrons. The van der Waals surface area contributed by atoms with Gasteiger partial charge in [0, 0.05) is 63.5 Å². The fourth-order valence-corrected chi connectivity index (χ4v) is 3.89. The summed E-state index contributed by atoms with van der Waals surface area (Å²) in [5, 5.41) is 12.2. The molecular weight excluding hydrogens is 410 g/mol. The Morgan fingerprint density at radius 2 is 1.79 bits per heavy atom. The van der Waals surface area contributed by atoms with Crippen LogP contribution in [0.2, 0.25) is 10.0 Å². The van der Waals surface area contributed by atoms with Gasteiger partial charge < -0.3 is 9.67 Å². The first-order valence-electron chi connectivity index (χ1n) is 8.94. The normalized spacial score (nSPS) is 12.2. The first-order chi connectivity index (χ1) is 14.0. The van der Waals surface area contributed by atoms with Gasteiger partial charge in [0.15, 0.2) is 0 Å². The maximum atomic E-state index is 14.8. The van der Waals surface area contributed by atoms with Crippen molar-refractivity contribution in [3.05, 3.63) is 100 Å². The van der Waals surface area contributed by atoms with Gasteiger partial charge in [-0.3, -0.25) is 4.98 Å². The van der Waals surface area contributed by atoms with Crippen molar-refractivity contribution in [1.82, 2.24) is 9.55 Å². The van der Waals surface area contributed by atoms with Gasteiger partial charge in [0.25, 0.3) is 0 Å². The fourth-order valence-electron chi connectivity index (χ4n) is 3.54. The van der Waals surface area contributed by atoms with Crippen LogP contribution in [0.5, 0.6) is 0 Å². The summed E-state index contributed by atoms with van der Waals surface area (Å²) in [6.07, 6.45) is 4.03. The second kappa shape index (κ2) is 7.99. The third-order valence-corrected chi connectivity index (χ3v) is 5.28. The van der Waals surface area contributed by atoms with Crippen molar-refractivity contribution in [2.45, 2.75) is 6.10 Å². The Labute approximate surface area is 178 Å². The van der Waals surface area contributed by atoms with Gasteiger partial charge in [-0.15, -0.1) is 0 Å². The minimum Gasteiger partial charge on any atom is -0.383 e. The van der Waals surface area contributed by atoms with Crippen LogP contribution < -0.4 is 0 Å². The van der Waals surface area contributed by atoms with E-state index in [0.717, 1.165) is 11.3 Å². The molecule has 0 aliphatic heterocycles. The molecule has 1 atom stereocenters. The quantitative estimate of drug-likeness (QED) is 0.416. The molecule has 0 amide bonds. The molecule has 6 heteroatoms. The number of halogens is 3. The molecule has 0 saturated heterocycles. The maximum Gasteiger partial charge on any atom is 0.132 e. The van der Waals surface area contributed by atoms with Gasteiger partial charge in [-0.05, 0) is 36.4 Å². The Morgan fingerprint density at radius 1 is 1.00 bits per heavy atom. The second-order valence-corrected chi connectivity index (χ2v) is 7.61.